The van der Waals surface area contributed by atoms with Gasteiger partial charge < -0.3 is 4.57 Å². The van der Waals surface area contributed by atoms with Gasteiger partial charge in [0.25, 0.3) is 0 Å². The minimum Gasteiger partial charge on any atom is -0.310 e. The summed E-state index contributed by atoms with van der Waals surface area (Å²) >= 11 is 0. The van der Waals surface area contributed by atoms with Gasteiger partial charge in [0.1, 0.15) is 23.7 Å². The molecule has 0 aliphatic rings. The molecular weight excluding hydrogens is 354 g/mol. The molecule has 1 aromatic carbocycles. The predicted octanol–water partition coefficient (Wildman–Crippen LogP) is 4.11. The Morgan fingerprint density at radius 2 is 1.89 bits per heavy atom. The molecule has 28 heavy (non-hydrogen) atoms. The maximum Gasteiger partial charge on any atom is 0.326 e. The smallest absolute Gasteiger partial charge is 0.310 e. The van der Waals surface area contributed by atoms with Crippen LogP contribution < -0.4 is 10.6 Å². The van der Waals surface area contributed by atoms with Crippen LogP contribution in [-0.4, -0.2) is 30.8 Å². The number of nitrogens with zero attached hydrogens (tertiary/aromatic N) is 5. The second kappa shape index (κ2) is 7.43. The van der Waals surface area contributed by atoms with E-state index in [0.29, 0.717) is 23.2 Å². The van der Waals surface area contributed by atoms with E-state index in [1.165, 1.54) is 0 Å². The first-order valence-corrected chi connectivity index (χ1v) is 8.90. The second-order valence-electron chi connectivity index (χ2n) is 6.52. The van der Waals surface area contributed by atoms with E-state index in [-0.39, 0.29) is 6.04 Å². The molecule has 8 heteroatoms. The topological polar surface area (TPSA) is 97.6 Å². The van der Waals surface area contributed by atoms with Crippen molar-refractivity contribution in [2.24, 2.45) is 0 Å². The highest BCUT2D eigenvalue weighted by molar-refractivity contribution is 6.04. The maximum atomic E-state index is 12.5. The number of carbonyl (C=O) groups is 1. The van der Waals surface area contributed by atoms with Crippen molar-refractivity contribution in [3.05, 3.63) is 61.1 Å². The molecule has 4 aromatic rings. The van der Waals surface area contributed by atoms with Crippen LogP contribution in [0.2, 0.25) is 0 Å². The van der Waals surface area contributed by atoms with Gasteiger partial charge in [0.15, 0.2) is 5.82 Å². The van der Waals surface area contributed by atoms with Crippen LogP contribution in [0.25, 0.3) is 22.3 Å². The summed E-state index contributed by atoms with van der Waals surface area (Å²) in [5.41, 5.74) is 0.632. The maximum absolute atomic E-state index is 12.5. The first-order valence-electron chi connectivity index (χ1n) is 8.90. The number of anilines is 2. The number of pyridine rings is 2. The Bertz CT molecular complexity index is 1130. The van der Waals surface area contributed by atoms with Gasteiger partial charge in [-0.3, -0.25) is 10.6 Å². The molecule has 3 aromatic heterocycles. The van der Waals surface area contributed by atoms with Crippen LogP contribution in [-0.2, 0) is 0 Å². The summed E-state index contributed by atoms with van der Waals surface area (Å²) in [6.07, 6.45) is 3.33. The summed E-state index contributed by atoms with van der Waals surface area (Å²) < 4.78 is 1.92. The standard InChI is InChI=1S/C20H19N7O/c1-13(2)27-12-22-26-19(27)16-8-5-9-17(23-16)24-20(28)25-18-15-7-4-3-6-14(15)10-11-21-18/h3-13H,1-2H3,(H2,21,23,24,25,28). The van der Waals surface area contributed by atoms with Gasteiger partial charge in [0.2, 0.25) is 0 Å². The monoisotopic (exact) mass is 373 g/mol. The molecule has 3 heterocycles. The zero-order chi connectivity index (χ0) is 19.5. The number of benzene rings is 1. The van der Waals surface area contributed by atoms with E-state index in [1.54, 1.807) is 18.6 Å². The van der Waals surface area contributed by atoms with Crippen molar-refractivity contribution >= 4 is 28.4 Å². The fraction of sp³-hybridized carbons (Fsp3) is 0.150. The number of nitrogens with one attached hydrogen (secondary N) is 2. The largest absolute Gasteiger partial charge is 0.326 e. The van der Waals surface area contributed by atoms with Crippen molar-refractivity contribution in [3.63, 3.8) is 0 Å². The van der Waals surface area contributed by atoms with Gasteiger partial charge in [-0.15, -0.1) is 10.2 Å². The minimum absolute atomic E-state index is 0.198. The van der Waals surface area contributed by atoms with Gasteiger partial charge in [-0.25, -0.2) is 14.8 Å². The summed E-state index contributed by atoms with van der Waals surface area (Å²) in [7, 11) is 0. The van der Waals surface area contributed by atoms with Gasteiger partial charge in [-0.05, 0) is 37.4 Å². The van der Waals surface area contributed by atoms with E-state index in [0.717, 1.165) is 10.8 Å². The molecule has 140 valence electrons. The summed E-state index contributed by atoms with van der Waals surface area (Å²) in [5.74, 6) is 1.55. The van der Waals surface area contributed by atoms with E-state index >= 15 is 0 Å². The molecule has 0 radical (unpaired) electrons. The number of urea groups is 1. The fourth-order valence-corrected chi connectivity index (χ4v) is 2.91. The van der Waals surface area contributed by atoms with Crippen molar-refractivity contribution in [1.82, 2.24) is 24.7 Å². The van der Waals surface area contributed by atoms with Gasteiger partial charge in [0, 0.05) is 17.6 Å². The first-order chi connectivity index (χ1) is 13.6. The van der Waals surface area contributed by atoms with Crippen LogP contribution in [0.5, 0.6) is 0 Å². The lowest BCUT2D eigenvalue weighted by Crippen LogP contribution is -2.21. The van der Waals surface area contributed by atoms with E-state index in [2.05, 4.69) is 30.8 Å². The molecule has 4 rings (SSSR count). The molecule has 0 fully saturated rings. The van der Waals surface area contributed by atoms with Crippen LogP contribution in [0.4, 0.5) is 16.4 Å². The average molecular weight is 373 g/mol. The molecular formula is C20H19N7O. The average Bonchev–Trinajstić information content (AvgIpc) is 3.19. The van der Waals surface area contributed by atoms with Crippen LogP contribution in [0, 0.1) is 0 Å². The van der Waals surface area contributed by atoms with Gasteiger partial charge in [0.05, 0.1) is 0 Å². The summed E-state index contributed by atoms with van der Waals surface area (Å²) in [4.78, 5) is 21.2. The van der Waals surface area contributed by atoms with Crippen molar-refractivity contribution in [3.8, 4) is 11.5 Å². The SMILES string of the molecule is CC(C)n1cnnc1-c1cccc(NC(=O)Nc2nccc3ccccc23)n1. The van der Waals surface area contributed by atoms with Crippen LogP contribution in [0.3, 0.4) is 0 Å². The molecule has 0 saturated carbocycles. The number of amides is 2. The molecule has 0 bridgehead atoms. The number of carbonyl (C=O) groups excluding carboxylic acids is 1. The highest BCUT2D eigenvalue weighted by Crippen LogP contribution is 2.22. The highest BCUT2D eigenvalue weighted by Gasteiger charge is 2.13. The van der Waals surface area contributed by atoms with Crippen LogP contribution >= 0.6 is 0 Å². The van der Waals surface area contributed by atoms with Gasteiger partial charge in [-0.1, -0.05) is 30.3 Å². The molecule has 2 N–H and O–H groups in total. The van der Waals surface area contributed by atoms with Crippen molar-refractivity contribution < 1.29 is 4.79 Å². The lowest BCUT2D eigenvalue weighted by molar-refractivity contribution is 0.262. The molecule has 8 nitrogen and oxygen atoms in total. The number of hydrogen-bond acceptors (Lipinski definition) is 5. The third-order valence-electron chi connectivity index (χ3n) is 4.25. The second-order valence-corrected chi connectivity index (χ2v) is 6.52. The van der Waals surface area contributed by atoms with Crippen molar-refractivity contribution in [2.45, 2.75) is 19.9 Å². The molecule has 0 atom stereocenters. The number of aromatic nitrogens is 5. The lowest BCUT2D eigenvalue weighted by Gasteiger charge is -2.11. The van der Waals surface area contributed by atoms with Gasteiger partial charge >= 0.3 is 6.03 Å². The van der Waals surface area contributed by atoms with Crippen molar-refractivity contribution in [2.75, 3.05) is 10.6 Å². The zero-order valence-corrected chi connectivity index (χ0v) is 15.5. The molecule has 0 unspecified atom stereocenters. The summed E-state index contributed by atoms with van der Waals surface area (Å²) in [6, 6.07) is 14.8. The summed E-state index contributed by atoms with van der Waals surface area (Å²) in [5, 5.41) is 15.5. The van der Waals surface area contributed by atoms with E-state index in [9.17, 15) is 4.79 Å². The Balaban J connectivity index is 1.54. The predicted molar refractivity (Wildman–Crippen MR) is 108 cm³/mol. The minimum atomic E-state index is -0.418. The number of hydrogen-bond donors (Lipinski definition) is 2. The normalized spacial score (nSPS) is 11.0. The molecule has 2 amide bonds. The van der Waals surface area contributed by atoms with Crippen molar-refractivity contribution in [1.29, 1.82) is 0 Å². The Hall–Kier alpha value is -3.81. The quantitative estimate of drug-likeness (QED) is 0.561. The van der Waals surface area contributed by atoms with Gasteiger partial charge in [-0.2, -0.15) is 0 Å². The first kappa shape index (κ1) is 17.6. The van der Waals surface area contributed by atoms with E-state index in [4.69, 9.17) is 0 Å². The molecule has 0 spiro atoms. The zero-order valence-electron chi connectivity index (χ0n) is 15.5. The summed E-state index contributed by atoms with van der Waals surface area (Å²) in [6.45, 7) is 4.08. The Kier molecular flexibility index (Phi) is 4.67. The lowest BCUT2D eigenvalue weighted by atomic mass is 10.1. The third-order valence-corrected chi connectivity index (χ3v) is 4.25. The Labute approximate surface area is 161 Å². The van der Waals surface area contributed by atoms with Crippen LogP contribution in [0.1, 0.15) is 19.9 Å². The van der Waals surface area contributed by atoms with E-state index < -0.39 is 6.03 Å². The Morgan fingerprint density at radius 3 is 2.75 bits per heavy atom. The molecule has 0 saturated heterocycles. The molecule has 0 aliphatic heterocycles. The van der Waals surface area contributed by atoms with Crippen LogP contribution in [0.15, 0.2) is 61.1 Å². The number of rotatable bonds is 4. The van der Waals surface area contributed by atoms with E-state index in [1.807, 2.05) is 60.9 Å². The third kappa shape index (κ3) is 3.52. The highest BCUT2D eigenvalue weighted by atomic mass is 16.2. The Morgan fingerprint density at radius 1 is 1.04 bits per heavy atom. The number of fused-ring (bicyclic) bond motifs is 1. The fourth-order valence-electron chi connectivity index (χ4n) is 2.91. The molecule has 0 aliphatic carbocycles.